The molecule has 8 nitrogen and oxygen atoms in total. The first-order chi connectivity index (χ1) is 19.7. The average Bonchev–Trinajstić information content (AvgIpc) is 2.98. The Kier molecular flexibility index (Phi) is 10.4. The Bertz CT molecular complexity index is 1390. The van der Waals surface area contributed by atoms with E-state index in [9.17, 15) is 18.0 Å². The zero-order chi connectivity index (χ0) is 29.2. The minimum absolute atomic E-state index is 0.0625. The van der Waals surface area contributed by atoms with Gasteiger partial charge in [0.05, 0.1) is 19.1 Å². The molecule has 0 heterocycles. The number of methoxy groups -OCH3 is 1. The fourth-order valence-corrected chi connectivity index (χ4v) is 6.10. The van der Waals surface area contributed by atoms with E-state index in [4.69, 9.17) is 4.74 Å². The molecule has 218 valence electrons. The summed E-state index contributed by atoms with van der Waals surface area (Å²) in [5.41, 5.74) is 2.07. The number of carbonyl (C=O) groups is 2. The van der Waals surface area contributed by atoms with Gasteiger partial charge < -0.3 is 15.0 Å². The van der Waals surface area contributed by atoms with Gasteiger partial charge in [0.15, 0.2) is 0 Å². The molecule has 0 unspecified atom stereocenters. The van der Waals surface area contributed by atoms with E-state index in [-0.39, 0.29) is 18.5 Å². The Morgan fingerprint density at radius 3 is 2.15 bits per heavy atom. The summed E-state index contributed by atoms with van der Waals surface area (Å²) in [5.74, 6) is -0.224. The Balaban J connectivity index is 1.70. The predicted octanol–water partition coefficient (Wildman–Crippen LogP) is 4.55. The molecular formula is C32H39N3O5S. The molecule has 0 spiro atoms. The lowest BCUT2D eigenvalue weighted by molar-refractivity contribution is -0.140. The van der Waals surface area contributed by atoms with Crippen LogP contribution in [0.25, 0.3) is 0 Å². The smallest absolute Gasteiger partial charge is 0.244 e. The summed E-state index contributed by atoms with van der Waals surface area (Å²) in [6.45, 7) is -0.300. The number of benzene rings is 3. The number of anilines is 1. The Hall–Kier alpha value is -3.85. The number of nitrogens with zero attached hydrogens (tertiary/aromatic N) is 2. The summed E-state index contributed by atoms with van der Waals surface area (Å²) in [6.07, 6.45) is 6.47. The summed E-state index contributed by atoms with van der Waals surface area (Å²) < 4.78 is 32.2. The average molecular weight is 578 g/mol. The number of hydrogen-bond acceptors (Lipinski definition) is 5. The second-order valence-corrected chi connectivity index (χ2v) is 12.4. The van der Waals surface area contributed by atoms with Crippen molar-refractivity contribution in [3.63, 3.8) is 0 Å². The molecule has 2 amide bonds. The van der Waals surface area contributed by atoms with Crippen molar-refractivity contribution in [1.82, 2.24) is 10.2 Å². The Morgan fingerprint density at radius 2 is 1.54 bits per heavy atom. The van der Waals surface area contributed by atoms with Crippen LogP contribution in [0.2, 0.25) is 0 Å². The monoisotopic (exact) mass is 577 g/mol. The van der Waals surface area contributed by atoms with E-state index in [1.165, 1.54) is 12.0 Å². The lowest BCUT2D eigenvalue weighted by Gasteiger charge is -2.35. The first-order valence-electron chi connectivity index (χ1n) is 14.0. The Morgan fingerprint density at radius 1 is 0.902 bits per heavy atom. The summed E-state index contributed by atoms with van der Waals surface area (Å²) in [5, 5.41) is 3.21. The van der Waals surface area contributed by atoms with Gasteiger partial charge in [0.25, 0.3) is 0 Å². The van der Waals surface area contributed by atoms with Crippen LogP contribution in [0.15, 0.2) is 84.9 Å². The van der Waals surface area contributed by atoms with Gasteiger partial charge in [0.1, 0.15) is 18.3 Å². The molecule has 41 heavy (non-hydrogen) atoms. The molecule has 0 radical (unpaired) electrons. The van der Waals surface area contributed by atoms with Gasteiger partial charge in [-0.25, -0.2) is 8.42 Å². The molecule has 1 aliphatic rings. The quantitative estimate of drug-likeness (QED) is 0.341. The highest BCUT2D eigenvalue weighted by atomic mass is 32.2. The van der Waals surface area contributed by atoms with E-state index in [0.717, 1.165) is 53.8 Å². The van der Waals surface area contributed by atoms with Crippen LogP contribution in [-0.4, -0.2) is 57.1 Å². The van der Waals surface area contributed by atoms with Gasteiger partial charge in [0.2, 0.25) is 21.8 Å². The maximum atomic E-state index is 14.2. The van der Waals surface area contributed by atoms with Crippen molar-refractivity contribution in [2.75, 3.05) is 24.2 Å². The third-order valence-corrected chi connectivity index (χ3v) is 8.58. The van der Waals surface area contributed by atoms with Crippen LogP contribution in [0.3, 0.4) is 0 Å². The third-order valence-electron chi connectivity index (χ3n) is 7.44. The standard InChI is InChI=1S/C32H39N3O5S/c1-40-29-20-12-19-28(22-29)35(41(2,38)39)24-31(36)34(23-26-15-8-4-9-16-26)30(21-25-13-6-3-7-14-25)32(37)33-27-17-10-5-11-18-27/h3-4,6-9,12-16,19-20,22,27,30H,5,10-11,17-18,21,23-24H2,1-2H3,(H,33,37)/t30-/m0/s1. The fourth-order valence-electron chi connectivity index (χ4n) is 5.26. The number of hydrogen-bond donors (Lipinski definition) is 1. The molecule has 1 fully saturated rings. The van der Waals surface area contributed by atoms with Crippen LogP contribution < -0.4 is 14.4 Å². The van der Waals surface area contributed by atoms with Crippen LogP contribution in [-0.2, 0) is 32.6 Å². The molecule has 0 bridgehead atoms. The summed E-state index contributed by atoms with van der Waals surface area (Å²) in [4.78, 5) is 29.6. The van der Waals surface area contributed by atoms with E-state index in [1.807, 2.05) is 60.7 Å². The highest BCUT2D eigenvalue weighted by Crippen LogP contribution is 2.25. The van der Waals surface area contributed by atoms with Crippen LogP contribution >= 0.6 is 0 Å². The van der Waals surface area contributed by atoms with Crippen LogP contribution in [0.1, 0.15) is 43.2 Å². The minimum atomic E-state index is -3.84. The SMILES string of the molecule is COc1cccc(N(CC(=O)N(Cc2ccccc2)[C@@H](Cc2ccccc2)C(=O)NC2CCCCC2)S(C)(=O)=O)c1. The zero-order valence-corrected chi connectivity index (χ0v) is 24.6. The number of carbonyl (C=O) groups excluding carboxylic acids is 2. The minimum Gasteiger partial charge on any atom is -0.497 e. The van der Waals surface area contributed by atoms with E-state index < -0.39 is 28.5 Å². The highest BCUT2D eigenvalue weighted by Gasteiger charge is 2.34. The highest BCUT2D eigenvalue weighted by molar-refractivity contribution is 7.92. The molecule has 1 aliphatic carbocycles. The van der Waals surface area contributed by atoms with Gasteiger partial charge >= 0.3 is 0 Å². The number of ether oxygens (including phenoxy) is 1. The van der Waals surface area contributed by atoms with Gasteiger partial charge in [0, 0.05) is 25.1 Å². The normalized spacial score (nSPS) is 14.6. The number of rotatable bonds is 12. The first kappa shape index (κ1) is 30.1. The topological polar surface area (TPSA) is 96.0 Å². The van der Waals surface area contributed by atoms with E-state index in [1.54, 1.807) is 24.3 Å². The number of amides is 2. The van der Waals surface area contributed by atoms with Crippen molar-refractivity contribution in [3.8, 4) is 5.75 Å². The second-order valence-electron chi connectivity index (χ2n) is 10.5. The molecule has 0 aliphatic heterocycles. The van der Waals surface area contributed by atoms with Gasteiger partial charge in [-0.1, -0.05) is 86.0 Å². The lowest BCUT2D eigenvalue weighted by atomic mass is 9.94. The molecule has 1 saturated carbocycles. The molecule has 9 heteroatoms. The van der Waals surface area contributed by atoms with Gasteiger partial charge in [-0.05, 0) is 36.1 Å². The largest absolute Gasteiger partial charge is 0.497 e. The van der Waals surface area contributed by atoms with E-state index in [2.05, 4.69) is 5.32 Å². The van der Waals surface area contributed by atoms with Gasteiger partial charge in [-0.2, -0.15) is 0 Å². The van der Waals surface area contributed by atoms with Crippen molar-refractivity contribution >= 4 is 27.5 Å². The maximum Gasteiger partial charge on any atom is 0.244 e. The maximum absolute atomic E-state index is 14.2. The fraction of sp³-hybridized carbons (Fsp3) is 0.375. The summed E-state index contributed by atoms with van der Waals surface area (Å²) in [7, 11) is -2.35. The van der Waals surface area contributed by atoms with Crippen LogP contribution in [0, 0.1) is 0 Å². The third kappa shape index (κ3) is 8.57. The molecule has 4 rings (SSSR count). The van der Waals surface area contributed by atoms with Crippen molar-refractivity contribution in [2.24, 2.45) is 0 Å². The second kappa shape index (κ2) is 14.2. The van der Waals surface area contributed by atoms with E-state index >= 15 is 0 Å². The summed E-state index contributed by atoms with van der Waals surface area (Å²) in [6, 6.07) is 24.8. The predicted molar refractivity (Wildman–Crippen MR) is 161 cm³/mol. The van der Waals surface area contributed by atoms with Gasteiger partial charge in [-0.3, -0.25) is 13.9 Å². The van der Waals surface area contributed by atoms with Crippen molar-refractivity contribution < 1.29 is 22.7 Å². The van der Waals surface area contributed by atoms with Crippen LogP contribution in [0.5, 0.6) is 5.75 Å². The molecule has 3 aromatic carbocycles. The zero-order valence-electron chi connectivity index (χ0n) is 23.7. The molecule has 1 N–H and O–H groups in total. The van der Waals surface area contributed by atoms with Crippen molar-refractivity contribution in [2.45, 2.75) is 57.2 Å². The molecule has 3 aromatic rings. The van der Waals surface area contributed by atoms with Gasteiger partial charge in [-0.15, -0.1) is 0 Å². The van der Waals surface area contributed by atoms with Crippen molar-refractivity contribution in [1.29, 1.82) is 0 Å². The van der Waals surface area contributed by atoms with E-state index in [0.29, 0.717) is 17.9 Å². The molecule has 0 aromatic heterocycles. The summed E-state index contributed by atoms with van der Waals surface area (Å²) >= 11 is 0. The lowest BCUT2D eigenvalue weighted by Crippen LogP contribution is -2.55. The first-order valence-corrected chi connectivity index (χ1v) is 15.9. The van der Waals surface area contributed by atoms with Crippen LogP contribution in [0.4, 0.5) is 5.69 Å². The Labute approximate surface area is 243 Å². The van der Waals surface area contributed by atoms with Crippen molar-refractivity contribution in [3.05, 3.63) is 96.1 Å². The molecular weight excluding hydrogens is 538 g/mol. The molecule has 0 saturated heterocycles. The number of sulfonamides is 1. The molecule has 1 atom stereocenters. The number of nitrogens with one attached hydrogen (secondary N) is 1.